The van der Waals surface area contributed by atoms with Gasteiger partial charge in [-0.2, -0.15) is 0 Å². The predicted molar refractivity (Wildman–Crippen MR) is 167 cm³/mol. The molecule has 1 saturated carbocycles. The Morgan fingerprint density at radius 3 is 2.26 bits per heavy atom. The molecule has 0 spiro atoms. The lowest BCUT2D eigenvalue weighted by Gasteiger charge is -2.34. The number of Topliss-reactive ketones (excluding diaryl/α,β-unsaturated/α-hetero) is 1. The van der Waals surface area contributed by atoms with Gasteiger partial charge in [-0.25, -0.2) is 0 Å². The first-order valence-electron chi connectivity index (χ1n) is 16.8. The number of aliphatic hydroxyl groups excluding tert-OH is 2. The van der Waals surface area contributed by atoms with Crippen molar-refractivity contribution in [3.63, 3.8) is 0 Å². The molecule has 11 nitrogen and oxygen atoms in total. The van der Waals surface area contributed by atoms with Crippen molar-refractivity contribution in [3.05, 3.63) is 22.3 Å². The van der Waals surface area contributed by atoms with Gasteiger partial charge >= 0.3 is 0 Å². The summed E-state index contributed by atoms with van der Waals surface area (Å²) in [6.07, 6.45) is 15.1. The number of aliphatic hydroxyl groups is 2. The van der Waals surface area contributed by atoms with Gasteiger partial charge in [-0.15, -0.1) is 10.1 Å². The Bertz CT molecular complexity index is 820. The molecule has 0 bridgehead atoms. The molecule has 11 heteroatoms. The summed E-state index contributed by atoms with van der Waals surface area (Å²) in [4.78, 5) is 43.8. The van der Waals surface area contributed by atoms with E-state index in [0.717, 1.165) is 71.4 Å². The molecule has 1 aliphatic carbocycles. The maximum Gasteiger partial charge on any atom is 0.294 e. The van der Waals surface area contributed by atoms with E-state index >= 15 is 0 Å². The van der Waals surface area contributed by atoms with Crippen molar-refractivity contribution < 1.29 is 29.7 Å². The molecule has 1 saturated heterocycles. The Hall–Kier alpha value is -2.08. The van der Waals surface area contributed by atoms with Gasteiger partial charge in [0.15, 0.2) is 0 Å². The molecular weight excluding hydrogens is 552 g/mol. The zero-order chi connectivity index (χ0) is 31.3. The molecule has 0 aromatic rings. The molecule has 0 unspecified atom stereocenters. The summed E-state index contributed by atoms with van der Waals surface area (Å²) >= 11 is 0. The van der Waals surface area contributed by atoms with Crippen molar-refractivity contribution in [1.29, 1.82) is 0 Å². The van der Waals surface area contributed by atoms with E-state index in [1.54, 1.807) is 0 Å². The maximum atomic E-state index is 12.3. The van der Waals surface area contributed by atoms with Crippen LogP contribution in [0.5, 0.6) is 0 Å². The highest BCUT2D eigenvalue weighted by atomic mass is 16.9. The second-order valence-electron chi connectivity index (χ2n) is 12.3. The molecule has 2 fully saturated rings. The van der Waals surface area contributed by atoms with E-state index in [0.29, 0.717) is 51.5 Å². The second-order valence-corrected chi connectivity index (χ2v) is 12.3. The Kier molecular flexibility index (Phi) is 19.4. The van der Waals surface area contributed by atoms with Crippen LogP contribution in [0.15, 0.2) is 12.2 Å². The lowest BCUT2D eigenvalue weighted by atomic mass is 9.86. The Morgan fingerprint density at radius 2 is 1.56 bits per heavy atom. The van der Waals surface area contributed by atoms with Crippen LogP contribution in [0.2, 0.25) is 0 Å². The van der Waals surface area contributed by atoms with Gasteiger partial charge in [-0.3, -0.25) is 9.59 Å². The summed E-state index contributed by atoms with van der Waals surface area (Å²) in [6, 6.07) is 0. The minimum Gasteiger partial charge on any atom is -0.393 e. The number of allylic oxidation sites excluding steroid dienone is 2. The van der Waals surface area contributed by atoms with Crippen LogP contribution in [0.1, 0.15) is 103 Å². The average molecular weight is 611 g/mol. The first-order chi connectivity index (χ1) is 20.8. The fraction of sp³-hybridized carbons (Fsp3) is 0.875. The third kappa shape index (κ3) is 16.5. The van der Waals surface area contributed by atoms with Gasteiger partial charge in [0.05, 0.1) is 18.8 Å². The molecule has 43 heavy (non-hydrogen) atoms. The van der Waals surface area contributed by atoms with E-state index in [2.05, 4.69) is 39.0 Å². The van der Waals surface area contributed by atoms with Crippen molar-refractivity contribution in [1.82, 2.24) is 15.1 Å². The third-order valence-corrected chi connectivity index (χ3v) is 8.94. The Balaban J connectivity index is 1.50. The number of rotatable bonds is 24. The number of hydrogen-bond acceptors (Lipinski definition) is 9. The molecule has 0 aromatic carbocycles. The van der Waals surface area contributed by atoms with Crippen molar-refractivity contribution in [3.8, 4) is 0 Å². The standard InChI is InChI=1S/C32H58N4O7/c1-2-3-4-5-8-13-27(37)16-17-29-28(30(38)26-31(29)39)14-9-6-7-10-15-32(40)33-18-11-19-34-21-23-35(24-22-34)20-12-25-43-36(41)42/h6,9,28-31,38-39H,2-5,7-8,10-26H2,1H3,(H,33,40)/b9-6-/t28-,29-,30+,31-/m1/s1. The van der Waals surface area contributed by atoms with Crippen molar-refractivity contribution in [2.24, 2.45) is 11.8 Å². The summed E-state index contributed by atoms with van der Waals surface area (Å²) < 4.78 is 0. The normalized spacial score (nSPS) is 23.1. The van der Waals surface area contributed by atoms with Crippen molar-refractivity contribution in [2.45, 2.75) is 115 Å². The number of hydrogen-bond donors (Lipinski definition) is 3. The highest BCUT2D eigenvalue weighted by molar-refractivity contribution is 5.78. The van der Waals surface area contributed by atoms with Crippen LogP contribution in [-0.2, 0) is 14.4 Å². The summed E-state index contributed by atoms with van der Waals surface area (Å²) in [5, 5.41) is 33.4. The SMILES string of the molecule is CCCCCCCC(=O)CC[C@@H]1[C@@H](C/C=C\CCCC(=O)NCCCN2CCN(CCCO[N+](=O)[O-])CC2)[C@@H](O)C[C@H]1O. The zero-order valence-corrected chi connectivity index (χ0v) is 26.5. The molecule has 2 aliphatic rings. The molecule has 4 atom stereocenters. The van der Waals surface area contributed by atoms with E-state index in [4.69, 9.17) is 0 Å². The molecule has 1 heterocycles. The van der Waals surface area contributed by atoms with Crippen molar-refractivity contribution in [2.75, 3.05) is 52.4 Å². The van der Waals surface area contributed by atoms with Gasteiger partial charge < -0.3 is 30.2 Å². The molecule has 1 aliphatic heterocycles. The number of carbonyl (C=O) groups excluding carboxylic acids is 2. The number of nitrogens with zero attached hydrogens (tertiary/aromatic N) is 3. The highest BCUT2D eigenvalue weighted by Crippen LogP contribution is 2.38. The molecule has 3 N–H and O–H groups in total. The van der Waals surface area contributed by atoms with Gasteiger partial charge in [0.2, 0.25) is 5.91 Å². The number of unbranched alkanes of at least 4 members (excludes halogenated alkanes) is 5. The molecule has 248 valence electrons. The van der Waals surface area contributed by atoms with Gasteiger partial charge in [-0.05, 0) is 69.7 Å². The quantitative estimate of drug-likeness (QED) is 0.0641. The fourth-order valence-electron chi connectivity index (χ4n) is 6.32. The van der Waals surface area contributed by atoms with E-state index in [1.165, 1.54) is 19.3 Å². The monoisotopic (exact) mass is 610 g/mol. The van der Waals surface area contributed by atoms with Crippen LogP contribution in [0.4, 0.5) is 0 Å². The lowest BCUT2D eigenvalue weighted by molar-refractivity contribution is -0.757. The smallest absolute Gasteiger partial charge is 0.294 e. The summed E-state index contributed by atoms with van der Waals surface area (Å²) in [6.45, 7) is 8.55. The van der Waals surface area contributed by atoms with Gasteiger partial charge in [0.1, 0.15) is 5.78 Å². The largest absolute Gasteiger partial charge is 0.393 e. The van der Waals surface area contributed by atoms with Gasteiger partial charge in [0.25, 0.3) is 5.09 Å². The molecule has 1 amide bonds. The van der Waals surface area contributed by atoms with E-state index < -0.39 is 17.3 Å². The highest BCUT2D eigenvalue weighted by Gasteiger charge is 2.40. The fourth-order valence-corrected chi connectivity index (χ4v) is 6.32. The minimum atomic E-state index is -0.745. The molecule has 0 aromatic heterocycles. The van der Waals surface area contributed by atoms with E-state index in [9.17, 15) is 29.9 Å². The summed E-state index contributed by atoms with van der Waals surface area (Å²) in [5.74, 6) is 0.277. The van der Waals surface area contributed by atoms with Crippen LogP contribution in [0, 0.1) is 22.0 Å². The number of amides is 1. The number of carbonyl (C=O) groups is 2. The number of piperazine rings is 1. The summed E-state index contributed by atoms with van der Waals surface area (Å²) in [5.41, 5.74) is 0. The van der Waals surface area contributed by atoms with Crippen LogP contribution in [0.3, 0.4) is 0 Å². The topological polar surface area (TPSA) is 145 Å². The molecular formula is C32H58N4O7. The lowest BCUT2D eigenvalue weighted by Crippen LogP contribution is -2.47. The maximum absolute atomic E-state index is 12.3. The van der Waals surface area contributed by atoms with E-state index in [1.807, 2.05) is 0 Å². The average Bonchev–Trinajstić information content (AvgIpc) is 3.25. The summed E-state index contributed by atoms with van der Waals surface area (Å²) in [7, 11) is 0. The van der Waals surface area contributed by atoms with Gasteiger partial charge in [0, 0.05) is 58.5 Å². The molecule has 0 radical (unpaired) electrons. The predicted octanol–water partition coefficient (Wildman–Crippen LogP) is 3.89. The van der Waals surface area contributed by atoms with Crippen molar-refractivity contribution >= 4 is 11.7 Å². The molecule has 2 rings (SSSR count). The van der Waals surface area contributed by atoms with Crippen LogP contribution in [-0.4, -0.2) is 101 Å². The zero-order valence-electron chi connectivity index (χ0n) is 26.5. The van der Waals surface area contributed by atoms with Crippen LogP contribution in [0.25, 0.3) is 0 Å². The van der Waals surface area contributed by atoms with E-state index in [-0.39, 0.29) is 30.1 Å². The Morgan fingerprint density at radius 1 is 0.884 bits per heavy atom. The second kappa shape index (κ2) is 22.4. The first kappa shape index (κ1) is 37.1. The Labute approximate surface area is 258 Å². The van der Waals surface area contributed by atoms with Gasteiger partial charge in [-0.1, -0.05) is 44.8 Å². The number of ketones is 1. The van der Waals surface area contributed by atoms with Crippen LogP contribution < -0.4 is 5.32 Å². The minimum absolute atomic E-state index is 0.0229. The first-order valence-corrected chi connectivity index (χ1v) is 16.8. The third-order valence-electron chi connectivity index (χ3n) is 8.94. The number of nitrogens with one attached hydrogen (secondary N) is 1. The van der Waals surface area contributed by atoms with Crippen LogP contribution >= 0.6 is 0 Å².